The second kappa shape index (κ2) is 8.27. The Morgan fingerprint density at radius 1 is 1.14 bits per heavy atom. The van der Waals surface area contributed by atoms with Gasteiger partial charge in [-0.05, 0) is 25.0 Å². The maximum absolute atomic E-state index is 12.5. The fourth-order valence-electron chi connectivity index (χ4n) is 3.19. The topological polar surface area (TPSA) is 75.2 Å². The number of carbonyl (C=O) groups excluding carboxylic acids is 2. The van der Waals surface area contributed by atoms with Crippen LogP contribution in [0.4, 0.5) is 0 Å². The summed E-state index contributed by atoms with van der Waals surface area (Å²) in [5, 5.41) is 3.63. The molecular formula is C21H25ClN4O2. The number of nitrogens with zero attached hydrogens (tertiary/aromatic N) is 3. The van der Waals surface area contributed by atoms with E-state index in [2.05, 4.69) is 15.3 Å². The van der Waals surface area contributed by atoms with Gasteiger partial charge in [0.05, 0.1) is 5.56 Å². The first-order valence-electron chi connectivity index (χ1n) is 9.42. The minimum absolute atomic E-state index is 0.0455. The van der Waals surface area contributed by atoms with E-state index in [1.807, 2.05) is 37.8 Å². The number of piperidine rings is 1. The predicted molar refractivity (Wildman–Crippen MR) is 109 cm³/mol. The highest BCUT2D eigenvalue weighted by Crippen LogP contribution is 2.21. The van der Waals surface area contributed by atoms with E-state index in [0.29, 0.717) is 29.5 Å². The highest BCUT2D eigenvalue weighted by Gasteiger charge is 2.30. The Morgan fingerprint density at radius 2 is 1.79 bits per heavy atom. The molecule has 7 heteroatoms. The molecule has 0 aliphatic carbocycles. The lowest BCUT2D eigenvalue weighted by molar-refractivity contribution is -0.140. The molecule has 1 N–H and O–H groups in total. The van der Waals surface area contributed by atoms with E-state index in [-0.39, 0.29) is 23.3 Å². The number of rotatable bonds is 3. The van der Waals surface area contributed by atoms with Crippen LogP contribution in [-0.4, -0.2) is 45.8 Å². The second-order valence-electron chi connectivity index (χ2n) is 8.10. The molecule has 1 aliphatic rings. The highest BCUT2D eigenvalue weighted by atomic mass is 35.5. The molecule has 0 unspecified atom stereocenters. The van der Waals surface area contributed by atoms with Crippen LogP contribution in [0.25, 0.3) is 11.4 Å². The molecule has 0 spiro atoms. The third kappa shape index (κ3) is 4.87. The van der Waals surface area contributed by atoms with Gasteiger partial charge in [0.1, 0.15) is 0 Å². The van der Waals surface area contributed by atoms with Crippen LogP contribution >= 0.6 is 11.6 Å². The van der Waals surface area contributed by atoms with Crippen molar-refractivity contribution < 1.29 is 9.59 Å². The predicted octanol–water partition coefficient (Wildman–Crippen LogP) is 3.56. The zero-order valence-corrected chi connectivity index (χ0v) is 17.2. The average Bonchev–Trinajstić information content (AvgIpc) is 2.67. The van der Waals surface area contributed by atoms with Crippen LogP contribution in [0.1, 0.15) is 44.0 Å². The maximum Gasteiger partial charge on any atom is 0.254 e. The molecule has 0 saturated carbocycles. The number of carbonyl (C=O) groups is 2. The maximum atomic E-state index is 12.5. The second-order valence-corrected chi connectivity index (χ2v) is 8.53. The van der Waals surface area contributed by atoms with Crippen molar-refractivity contribution >= 4 is 23.4 Å². The van der Waals surface area contributed by atoms with Gasteiger partial charge in [-0.2, -0.15) is 0 Å². The summed E-state index contributed by atoms with van der Waals surface area (Å²) in [6.45, 7) is 7.10. The van der Waals surface area contributed by atoms with Crippen LogP contribution in [0.3, 0.4) is 0 Å². The van der Waals surface area contributed by atoms with Crippen molar-refractivity contribution in [2.45, 2.75) is 39.7 Å². The first-order valence-corrected chi connectivity index (χ1v) is 9.80. The van der Waals surface area contributed by atoms with Gasteiger partial charge in [-0.1, -0.05) is 44.5 Å². The molecular weight excluding hydrogens is 376 g/mol. The molecule has 2 heterocycles. The van der Waals surface area contributed by atoms with Crippen LogP contribution < -0.4 is 5.32 Å². The molecule has 2 aromatic rings. The Bertz CT molecular complexity index is 853. The highest BCUT2D eigenvalue weighted by molar-refractivity contribution is 6.30. The van der Waals surface area contributed by atoms with E-state index in [4.69, 9.17) is 11.6 Å². The van der Waals surface area contributed by atoms with Gasteiger partial charge in [0.2, 0.25) is 5.91 Å². The molecule has 0 radical (unpaired) electrons. The summed E-state index contributed by atoms with van der Waals surface area (Å²) >= 11 is 6.00. The van der Waals surface area contributed by atoms with Crippen LogP contribution in [-0.2, 0) is 4.79 Å². The molecule has 1 aliphatic heterocycles. The summed E-state index contributed by atoms with van der Waals surface area (Å²) in [5.41, 5.74) is 0.840. The first kappa shape index (κ1) is 20.3. The van der Waals surface area contributed by atoms with Gasteiger partial charge in [-0.15, -0.1) is 0 Å². The lowest BCUT2D eigenvalue weighted by atomic mass is 9.93. The van der Waals surface area contributed by atoms with E-state index in [9.17, 15) is 9.59 Å². The van der Waals surface area contributed by atoms with Gasteiger partial charge in [0.25, 0.3) is 5.91 Å². The molecule has 3 rings (SSSR count). The molecule has 0 atom stereocenters. The first-order chi connectivity index (χ1) is 13.2. The number of nitrogens with one attached hydrogen (secondary N) is 1. The zero-order chi connectivity index (χ0) is 20.3. The Balaban J connectivity index is 1.56. The van der Waals surface area contributed by atoms with Crippen LogP contribution in [0.5, 0.6) is 0 Å². The number of amides is 2. The molecule has 1 saturated heterocycles. The van der Waals surface area contributed by atoms with E-state index in [0.717, 1.165) is 18.4 Å². The molecule has 28 heavy (non-hydrogen) atoms. The molecule has 2 amide bonds. The smallest absolute Gasteiger partial charge is 0.254 e. The molecule has 6 nitrogen and oxygen atoms in total. The summed E-state index contributed by atoms with van der Waals surface area (Å²) in [7, 11) is 0. The van der Waals surface area contributed by atoms with E-state index < -0.39 is 0 Å². The third-order valence-electron chi connectivity index (χ3n) is 4.76. The summed E-state index contributed by atoms with van der Waals surface area (Å²) in [5.74, 6) is 0.480. The van der Waals surface area contributed by atoms with Crippen molar-refractivity contribution in [2.24, 2.45) is 5.41 Å². The van der Waals surface area contributed by atoms with Gasteiger partial charge in [0.15, 0.2) is 5.82 Å². The fourth-order valence-corrected chi connectivity index (χ4v) is 3.38. The minimum atomic E-state index is -0.377. The normalized spacial score (nSPS) is 15.4. The number of likely N-dealkylation sites (tertiary alicyclic amines) is 1. The van der Waals surface area contributed by atoms with E-state index in [1.54, 1.807) is 12.1 Å². The molecule has 0 bridgehead atoms. The van der Waals surface area contributed by atoms with Crippen molar-refractivity contribution in [3.8, 4) is 11.4 Å². The number of hydrogen-bond acceptors (Lipinski definition) is 4. The van der Waals surface area contributed by atoms with Gasteiger partial charge in [-0.25, -0.2) is 9.97 Å². The average molecular weight is 401 g/mol. The number of halogens is 1. The SMILES string of the molecule is CC(C)(C)C(=O)N1CCC(NC(=O)c2cnc(-c3cccc(Cl)c3)nc2)CC1. The van der Waals surface area contributed by atoms with E-state index >= 15 is 0 Å². The third-order valence-corrected chi connectivity index (χ3v) is 4.99. The van der Waals surface area contributed by atoms with Crippen LogP contribution in [0, 0.1) is 5.41 Å². The summed E-state index contributed by atoms with van der Waals surface area (Å²) in [4.78, 5) is 35.3. The van der Waals surface area contributed by atoms with Crippen LogP contribution in [0.2, 0.25) is 5.02 Å². The Labute approximate surface area is 170 Å². The van der Waals surface area contributed by atoms with Crippen molar-refractivity contribution in [1.29, 1.82) is 0 Å². The van der Waals surface area contributed by atoms with Crippen molar-refractivity contribution in [1.82, 2.24) is 20.2 Å². The number of benzene rings is 1. The van der Waals surface area contributed by atoms with Crippen molar-refractivity contribution in [3.63, 3.8) is 0 Å². The molecule has 1 aromatic heterocycles. The lowest BCUT2D eigenvalue weighted by Gasteiger charge is -2.36. The van der Waals surface area contributed by atoms with Crippen LogP contribution in [0.15, 0.2) is 36.7 Å². The number of hydrogen-bond donors (Lipinski definition) is 1. The van der Waals surface area contributed by atoms with Crippen molar-refractivity contribution in [2.75, 3.05) is 13.1 Å². The monoisotopic (exact) mass is 400 g/mol. The minimum Gasteiger partial charge on any atom is -0.349 e. The van der Waals surface area contributed by atoms with Crippen molar-refractivity contribution in [3.05, 3.63) is 47.2 Å². The largest absolute Gasteiger partial charge is 0.349 e. The number of aromatic nitrogens is 2. The molecule has 1 aromatic carbocycles. The van der Waals surface area contributed by atoms with Gasteiger partial charge < -0.3 is 10.2 Å². The van der Waals surface area contributed by atoms with E-state index in [1.165, 1.54) is 12.4 Å². The Morgan fingerprint density at radius 3 is 2.36 bits per heavy atom. The van der Waals surface area contributed by atoms with Gasteiger partial charge in [0, 0.05) is 47.5 Å². The molecule has 148 valence electrons. The Kier molecular flexibility index (Phi) is 5.98. The standard InChI is InChI=1S/C21H25ClN4O2/c1-21(2,3)20(28)26-9-7-17(8-10-26)25-19(27)15-12-23-18(24-13-15)14-5-4-6-16(22)11-14/h4-6,11-13,17H,7-10H2,1-3H3,(H,25,27). The fraction of sp³-hybridized carbons (Fsp3) is 0.429. The zero-order valence-electron chi connectivity index (χ0n) is 16.4. The summed E-state index contributed by atoms with van der Waals surface area (Å²) in [6, 6.07) is 7.31. The van der Waals surface area contributed by atoms with Gasteiger partial charge >= 0.3 is 0 Å². The Hall–Kier alpha value is -2.47. The molecule has 1 fully saturated rings. The quantitative estimate of drug-likeness (QED) is 0.854. The lowest BCUT2D eigenvalue weighted by Crippen LogP contribution is -2.49. The van der Waals surface area contributed by atoms with Gasteiger partial charge in [-0.3, -0.25) is 9.59 Å². The summed E-state index contributed by atoms with van der Waals surface area (Å²) in [6.07, 6.45) is 4.54. The summed E-state index contributed by atoms with van der Waals surface area (Å²) < 4.78 is 0.